The molecule has 0 aromatic carbocycles. The van der Waals surface area contributed by atoms with Crippen LogP contribution in [0.1, 0.15) is 31.3 Å². The Labute approximate surface area is 116 Å². The molecular formula is C11H9N3O5S. The van der Waals surface area contributed by atoms with Crippen LogP contribution < -0.4 is 5.32 Å². The van der Waals surface area contributed by atoms with E-state index in [4.69, 9.17) is 5.11 Å². The van der Waals surface area contributed by atoms with E-state index in [1.54, 1.807) is 0 Å². The number of rotatable bonds is 4. The van der Waals surface area contributed by atoms with Crippen molar-refractivity contribution in [3.05, 3.63) is 27.9 Å². The number of aromatic nitrogens is 2. The number of hydrogen-bond acceptors (Lipinski definition) is 6. The number of allylic oxidation sites excluding steroid dienone is 2. The van der Waals surface area contributed by atoms with Crippen LogP contribution in [0.4, 0.5) is 0 Å². The summed E-state index contributed by atoms with van der Waals surface area (Å²) < 4.78 is 0. The van der Waals surface area contributed by atoms with Crippen molar-refractivity contribution < 1.29 is 24.3 Å². The Hall–Kier alpha value is -2.42. The number of nitrogens with one attached hydrogen (secondary N) is 2. The monoisotopic (exact) mass is 295 g/mol. The number of hydrogen-bond donors (Lipinski definition) is 3. The number of carboxylic acid groups (broad SMARTS) is 1. The van der Waals surface area contributed by atoms with E-state index < -0.39 is 23.4 Å². The summed E-state index contributed by atoms with van der Waals surface area (Å²) in [4.78, 5) is 46.1. The third-order valence-electron chi connectivity index (χ3n) is 2.52. The molecule has 0 saturated heterocycles. The fourth-order valence-corrected chi connectivity index (χ4v) is 2.35. The lowest BCUT2D eigenvalue weighted by atomic mass is 9.99. The molecule has 1 aliphatic carbocycles. The maximum Gasteiger partial charge on any atom is 0.313 e. The van der Waals surface area contributed by atoms with Crippen LogP contribution in [-0.4, -0.2) is 51.5 Å². The second-order valence-electron chi connectivity index (χ2n) is 3.79. The van der Waals surface area contributed by atoms with Crippen molar-refractivity contribution in [2.24, 2.45) is 0 Å². The molecule has 0 aliphatic heterocycles. The Balaban J connectivity index is 2.40. The molecule has 0 atom stereocenters. The number of carboxylic acids is 1. The van der Waals surface area contributed by atoms with E-state index in [-0.39, 0.29) is 27.6 Å². The van der Waals surface area contributed by atoms with Crippen molar-refractivity contribution in [1.82, 2.24) is 15.5 Å². The predicted molar refractivity (Wildman–Crippen MR) is 68.8 cm³/mol. The van der Waals surface area contributed by atoms with Gasteiger partial charge in [-0.15, -0.1) is 11.8 Å². The van der Waals surface area contributed by atoms with E-state index in [1.807, 2.05) is 0 Å². The van der Waals surface area contributed by atoms with Crippen molar-refractivity contribution in [3.63, 3.8) is 0 Å². The molecular weight excluding hydrogens is 286 g/mol. The molecule has 0 bridgehead atoms. The number of H-pyrrole nitrogens is 1. The van der Waals surface area contributed by atoms with Crippen LogP contribution in [0.3, 0.4) is 0 Å². The molecule has 1 heterocycles. The molecule has 1 amide bonds. The number of nitrogens with zero attached hydrogens (tertiary/aromatic N) is 1. The number of fused-ring (bicyclic) bond motifs is 1. The maximum atomic E-state index is 12.2. The Morgan fingerprint density at radius 2 is 2.15 bits per heavy atom. The van der Waals surface area contributed by atoms with Crippen molar-refractivity contribution in [2.45, 2.75) is 0 Å². The summed E-state index contributed by atoms with van der Waals surface area (Å²) in [5.74, 6) is -3.17. The van der Waals surface area contributed by atoms with Gasteiger partial charge >= 0.3 is 5.97 Å². The van der Waals surface area contributed by atoms with Gasteiger partial charge in [-0.25, -0.2) is 0 Å². The Kier molecular flexibility index (Phi) is 3.70. The highest BCUT2D eigenvalue weighted by atomic mass is 32.2. The van der Waals surface area contributed by atoms with Gasteiger partial charge in [0.2, 0.25) is 11.6 Å². The fraction of sp³-hybridized carbons (Fsp3) is 0.182. The molecule has 2 rings (SSSR count). The number of aromatic amines is 1. The molecule has 0 saturated carbocycles. The van der Waals surface area contributed by atoms with Gasteiger partial charge in [0.15, 0.2) is 5.69 Å². The number of thioether (sulfide) groups is 1. The molecule has 3 N–H and O–H groups in total. The highest BCUT2D eigenvalue weighted by molar-refractivity contribution is 8.04. The Morgan fingerprint density at radius 1 is 1.45 bits per heavy atom. The number of carbonyl (C=O) groups is 4. The Morgan fingerprint density at radius 3 is 2.75 bits per heavy atom. The minimum absolute atomic E-state index is 0.0172. The zero-order chi connectivity index (χ0) is 14.9. The van der Waals surface area contributed by atoms with Crippen molar-refractivity contribution >= 4 is 35.2 Å². The highest BCUT2D eigenvalue weighted by Crippen LogP contribution is 2.29. The first-order valence-electron chi connectivity index (χ1n) is 5.41. The summed E-state index contributed by atoms with van der Waals surface area (Å²) in [6.07, 6.45) is 1.05. The number of ketones is 2. The van der Waals surface area contributed by atoms with E-state index in [0.717, 1.165) is 17.8 Å². The van der Waals surface area contributed by atoms with Crippen LogP contribution in [0.25, 0.3) is 0 Å². The first-order chi connectivity index (χ1) is 9.45. The number of aliphatic carboxylic acids is 1. The third-order valence-corrected chi connectivity index (χ3v) is 3.52. The molecule has 1 aromatic heterocycles. The third kappa shape index (κ3) is 2.35. The van der Waals surface area contributed by atoms with E-state index in [9.17, 15) is 19.2 Å². The van der Waals surface area contributed by atoms with Crippen LogP contribution in [0, 0.1) is 0 Å². The summed E-state index contributed by atoms with van der Waals surface area (Å²) in [5, 5.41) is 16.9. The smallest absolute Gasteiger partial charge is 0.313 e. The minimum Gasteiger partial charge on any atom is -0.481 e. The van der Waals surface area contributed by atoms with Gasteiger partial charge < -0.3 is 10.4 Å². The van der Waals surface area contributed by atoms with Gasteiger partial charge in [0.05, 0.1) is 16.2 Å². The van der Waals surface area contributed by atoms with Crippen LogP contribution in [0.2, 0.25) is 0 Å². The molecule has 0 unspecified atom stereocenters. The summed E-state index contributed by atoms with van der Waals surface area (Å²) in [6.45, 7) is 0. The summed E-state index contributed by atoms with van der Waals surface area (Å²) in [5.41, 5.74) is -0.361. The fourth-order valence-electron chi connectivity index (χ4n) is 1.65. The molecule has 0 radical (unpaired) electrons. The molecule has 20 heavy (non-hydrogen) atoms. The summed E-state index contributed by atoms with van der Waals surface area (Å²) in [6, 6.07) is 0. The van der Waals surface area contributed by atoms with Crippen LogP contribution in [0.15, 0.2) is 11.0 Å². The first kappa shape index (κ1) is 14.0. The van der Waals surface area contributed by atoms with Crippen LogP contribution in [0.5, 0.6) is 0 Å². The number of Topliss-reactive ketones (excluding diaryl/α,β-unsaturated/α-hetero) is 1. The second kappa shape index (κ2) is 5.29. The molecule has 8 nitrogen and oxygen atoms in total. The van der Waals surface area contributed by atoms with Crippen LogP contribution >= 0.6 is 11.8 Å². The van der Waals surface area contributed by atoms with Crippen molar-refractivity contribution in [2.75, 3.05) is 12.8 Å². The number of carbonyl (C=O) groups excluding carboxylic acids is 3. The normalized spacial score (nSPS) is 13.8. The maximum absolute atomic E-state index is 12.2. The lowest BCUT2D eigenvalue weighted by Gasteiger charge is -2.10. The van der Waals surface area contributed by atoms with E-state index in [1.165, 1.54) is 7.05 Å². The van der Waals surface area contributed by atoms with Gasteiger partial charge in [-0.05, 0) is 0 Å². The van der Waals surface area contributed by atoms with E-state index in [0.29, 0.717) is 0 Å². The zero-order valence-corrected chi connectivity index (χ0v) is 11.0. The van der Waals surface area contributed by atoms with Gasteiger partial charge in [-0.3, -0.25) is 24.3 Å². The summed E-state index contributed by atoms with van der Waals surface area (Å²) >= 11 is 0.730. The van der Waals surface area contributed by atoms with E-state index >= 15 is 0 Å². The van der Waals surface area contributed by atoms with Gasteiger partial charge in [-0.2, -0.15) is 5.10 Å². The molecule has 9 heteroatoms. The topological polar surface area (TPSA) is 129 Å². The van der Waals surface area contributed by atoms with Crippen molar-refractivity contribution in [1.29, 1.82) is 0 Å². The molecule has 1 aliphatic rings. The van der Waals surface area contributed by atoms with Gasteiger partial charge in [0, 0.05) is 13.1 Å². The number of amides is 1. The van der Waals surface area contributed by atoms with Gasteiger partial charge in [-0.1, -0.05) is 0 Å². The largest absolute Gasteiger partial charge is 0.481 e. The molecule has 104 valence electrons. The Bertz CT molecular complexity index is 661. The first-order valence-corrected chi connectivity index (χ1v) is 6.40. The average Bonchev–Trinajstić information content (AvgIpc) is 2.85. The average molecular weight is 295 g/mol. The lowest BCUT2D eigenvalue weighted by molar-refractivity contribution is -0.133. The zero-order valence-electron chi connectivity index (χ0n) is 10.2. The van der Waals surface area contributed by atoms with E-state index in [2.05, 4.69) is 15.5 Å². The van der Waals surface area contributed by atoms with Gasteiger partial charge in [0.1, 0.15) is 5.69 Å². The molecule has 0 fully saturated rings. The highest BCUT2D eigenvalue weighted by Gasteiger charge is 2.33. The second-order valence-corrected chi connectivity index (χ2v) is 4.80. The predicted octanol–water partition coefficient (Wildman–Crippen LogP) is -0.150. The minimum atomic E-state index is -1.11. The summed E-state index contributed by atoms with van der Waals surface area (Å²) in [7, 11) is 1.37. The lowest BCUT2D eigenvalue weighted by Crippen LogP contribution is -2.23. The van der Waals surface area contributed by atoms with Crippen molar-refractivity contribution in [3.8, 4) is 0 Å². The quantitative estimate of drug-likeness (QED) is 0.704. The van der Waals surface area contributed by atoms with Gasteiger partial charge in [0.25, 0.3) is 5.91 Å². The standard InChI is InChI=1S/C11H9N3O5S/c1-12-11(19)9-7-8(13-14-9)4(15)2-5(10(7)18)20-3-6(16)17/h2H,3H2,1H3,(H,12,19)(H,13,14)(H,16,17). The van der Waals surface area contributed by atoms with Crippen LogP contribution in [-0.2, 0) is 4.79 Å². The SMILES string of the molecule is CNC(=O)c1n[nH]c2c1C(=O)C(SCC(=O)O)=CC2=O. The molecule has 1 aromatic rings. The molecule has 0 spiro atoms.